The maximum atomic E-state index is 16.0. The largest absolute Gasteiger partial charge is 0.480 e. The van der Waals surface area contributed by atoms with Crippen LogP contribution in [0.25, 0.3) is 23.0 Å². The Morgan fingerprint density at radius 3 is 2.52 bits per heavy atom. The average molecular weight is 705 g/mol. The Labute approximate surface area is 305 Å². The van der Waals surface area contributed by atoms with Crippen LogP contribution in [0.1, 0.15) is 107 Å². The molecule has 52 heavy (non-hydrogen) atoms. The van der Waals surface area contributed by atoms with E-state index >= 15 is 4.39 Å². The molecule has 1 saturated carbocycles. The number of aliphatic carboxylic acids is 1. The Hall–Kier alpha value is -4.67. The molecule has 0 radical (unpaired) electrons. The number of nitrogens with one attached hydrogen (secondary N) is 1. The van der Waals surface area contributed by atoms with Crippen LogP contribution < -0.4 is 5.32 Å². The van der Waals surface area contributed by atoms with E-state index in [9.17, 15) is 14.7 Å². The minimum atomic E-state index is -0.781. The lowest BCUT2D eigenvalue weighted by Crippen LogP contribution is -2.44. The Balaban J connectivity index is 1.12. The van der Waals surface area contributed by atoms with Gasteiger partial charge in [0.1, 0.15) is 11.9 Å². The van der Waals surface area contributed by atoms with Crippen molar-refractivity contribution < 1.29 is 19.1 Å². The number of anilines is 1. The molecule has 0 bridgehead atoms. The fourth-order valence-electron chi connectivity index (χ4n) is 7.96. The van der Waals surface area contributed by atoms with Crippen LogP contribution in [0.4, 0.5) is 10.1 Å². The molecule has 10 heteroatoms. The molecule has 1 aliphatic carbocycles. The van der Waals surface area contributed by atoms with E-state index in [1.807, 2.05) is 72.8 Å². The van der Waals surface area contributed by atoms with Gasteiger partial charge in [0.05, 0.1) is 11.4 Å². The summed E-state index contributed by atoms with van der Waals surface area (Å²) in [6.07, 6.45) is 8.80. The van der Waals surface area contributed by atoms with Crippen molar-refractivity contribution in [2.75, 3.05) is 18.4 Å². The summed E-state index contributed by atoms with van der Waals surface area (Å²) in [4.78, 5) is 39.2. The first-order valence-corrected chi connectivity index (χ1v) is 18.6. The number of nitrogens with zero attached hydrogens (tertiary/aromatic N) is 5. The highest BCUT2D eigenvalue weighted by Crippen LogP contribution is 2.43. The maximum Gasteiger partial charge on any atom is 0.320 e. The standard InChI is InChI=1S/C42H49FN6O3/c1-25(2)48-19-17-38-37(24-48)45-40(47(38)5)41(50)46-35-13-9-12-32(27(35)4)31-11-8-10-29(26(31)3)20-34(43)36-21-33(28-15-16-28)30(22-44-36)23-49-18-7-6-14-39(49)42(51)52/h8-13,20-22,25,28,39H,6-7,14-19,23-24H2,1-5H3,(H,46,50)(H,51,52)/b34-20-/t39-/m0/s1. The van der Waals surface area contributed by atoms with Crippen molar-refractivity contribution in [3.8, 4) is 11.1 Å². The zero-order chi connectivity index (χ0) is 36.7. The third-order valence-electron chi connectivity index (χ3n) is 11.3. The first-order valence-electron chi connectivity index (χ1n) is 18.6. The summed E-state index contributed by atoms with van der Waals surface area (Å²) in [6.45, 7) is 11.3. The number of halogens is 1. The van der Waals surface area contributed by atoms with Gasteiger partial charge in [-0.1, -0.05) is 36.8 Å². The Kier molecular flexibility index (Phi) is 10.1. The number of carbonyl (C=O) groups excluding carboxylic acids is 1. The predicted octanol–water partition coefficient (Wildman–Crippen LogP) is 7.90. The number of benzene rings is 2. The zero-order valence-electron chi connectivity index (χ0n) is 30.9. The van der Waals surface area contributed by atoms with Gasteiger partial charge < -0.3 is 15.0 Å². The molecule has 4 aromatic rings. The molecule has 3 aliphatic rings. The molecule has 1 amide bonds. The highest BCUT2D eigenvalue weighted by Gasteiger charge is 2.32. The van der Waals surface area contributed by atoms with Crippen molar-refractivity contribution in [2.45, 2.75) is 97.3 Å². The topological polar surface area (TPSA) is 104 Å². The molecule has 1 atom stereocenters. The number of likely N-dealkylation sites (tertiary alicyclic amines) is 1. The van der Waals surface area contributed by atoms with Gasteiger partial charge in [-0.15, -0.1) is 0 Å². The van der Waals surface area contributed by atoms with Crippen LogP contribution in [-0.4, -0.2) is 66.5 Å². The number of fused-ring (bicyclic) bond motifs is 1. The fraction of sp³-hybridized carbons (Fsp3) is 0.429. The van der Waals surface area contributed by atoms with Crippen molar-refractivity contribution in [1.29, 1.82) is 0 Å². The van der Waals surface area contributed by atoms with Gasteiger partial charge in [-0.05, 0) is 123 Å². The molecule has 2 N–H and O–H groups in total. The molecule has 272 valence electrons. The maximum absolute atomic E-state index is 16.0. The molecule has 0 unspecified atom stereocenters. The van der Waals surface area contributed by atoms with E-state index < -0.39 is 17.8 Å². The van der Waals surface area contributed by atoms with Gasteiger partial charge in [0.15, 0.2) is 5.82 Å². The summed E-state index contributed by atoms with van der Waals surface area (Å²) in [5.41, 5.74) is 9.62. The number of piperidine rings is 1. The highest BCUT2D eigenvalue weighted by atomic mass is 19.1. The van der Waals surface area contributed by atoms with Crippen molar-refractivity contribution in [1.82, 2.24) is 24.3 Å². The first-order chi connectivity index (χ1) is 25.0. The van der Waals surface area contributed by atoms with Crippen LogP contribution in [0.15, 0.2) is 48.7 Å². The van der Waals surface area contributed by atoms with Gasteiger partial charge in [0.25, 0.3) is 5.91 Å². The van der Waals surface area contributed by atoms with Crippen LogP contribution in [0.5, 0.6) is 0 Å². The minimum absolute atomic E-state index is 0.245. The average Bonchev–Trinajstić information content (AvgIpc) is 3.93. The number of pyridine rings is 1. The molecule has 0 spiro atoms. The van der Waals surface area contributed by atoms with Crippen molar-refractivity contribution in [2.24, 2.45) is 7.05 Å². The highest BCUT2D eigenvalue weighted by molar-refractivity contribution is 6.03. The number of hydrogen-bond donors (Lipinski definition) is 2. The lowest BCUT2D eigenvalue weighted by Gasteiger charge is -2.33. The Bertz CT molecular complexity index is 2050. The van der Waals surface area contributed by atoms with E-state index in [0.29, 0.717) is 36.4 Å². The number of carbonyl (C=O) groups is 2. The van der Waals surface area contributed by atoms with Crippen LogP contribution in [-0.2, 0) is 31.4 Å². The molecule has 7 rings (SSSR count). The first kappa shape index (κ1) is 35.7. The van der Waals surface area contributed by atoms with Crippen LogP contribution in [0, 0.1) is 13.8 Å². The second kappa shape index (κ2) is 14.8. The second-order valence-corrected chi connectivity index (χ2v) is 15.0. The van der Waals surface area contributed by atoms with Crippen LogP contribution in [0.3, 0.4) is 0 Å². The fourth-order valence-corrected chi connectivity index (χ4v) is 7.96. The third-order valence-corrected chi connectivity index (χ3v) is 11.3. The molecule has 2 aromatic heterocycles. The summed E-state index contributed by atoms with van der Waals surface area (Å²) in [7, 11) is 1.92. The van der Waals surface area contributed by atoms with Gasteiger partial charge >= 0.3 is 5.97 Å². The number of hydrogen-bond acceptors (Lipinski definition) is 6. The second-order valence-electron chi connectivity index (χ2n) is 15.0. The van der Waals surface area contributed by atoms with Crippen molar-refractivity contribution in [3.63, 3.8) is 0 Å². The van der Waals surface area contributed by atoms with Gasteiger partial charge in [-0.2, -0.15) is 0 Å². The molecule has 2 aliphatic heterocycles. The SMILES string of the molecule is Cc1c(/C=C(\F)c2cc(C3CC3)c(CN3CCCC[C@H]3C(=O)O)cn2)cccc1-c1cccc(NC(=O)c2nc3c(n2C)CCN(C(C)C)C3)c1C. The van der Waals surface area contributed by atoms with Crippen molar-refractivity contribution in [3.05, 3.63) is 99.4 Å². The minimum Gasteiger partial charge on any atom is -0.480 e. The third kappa shape index (κ3) is 7.19. The number of imidazole rings is 1. The van der Waals surface area contributed by atoms with Crippen LogP contribution in [0.2, 0.25) is 0 Å². The summed E-state index contributed by atoms with van der Waals surface area (Å²) in [5, 5.41) is 12.9. The van der Waals surface area contributed by atoms with E-state index in [-0.39, 0.29) is 11.6 Å². The Morgan fingerprint density at radius 1 is 1.04 bits per heavy atom. The van der Waals surface area contributed by atoms with E-state index in [2.05, 4.69) is 29.0 Å². The van der Waals surface area contributed by atoms with E-state index in [0.717, 1.165) is 102 Å². The van der Waals surface area contributed by atoms with Crippen molar-refractivity contribution >= 4 is 29.5 Å². The van der Waals surface area contributed by atoms with Crippen LogP contribution >= 0.6 is 0 Å². The zero-order valence-corrected chi connectivity index (χ0v) is 30.9. The van der Waals surface area contributed by atoms with E-state index in [4.69, 9.17) is 4.98 Å². The molecule has 1 saturated heterocycles. The molecule has 9 nitrogen and oxygen atoms in total. The summed E-state index contributed by atoms with van der Waals surface area (Å²) in [6, 6.07) is 13.5. The number of amides is 1. The lowest BCUT2D eigenvalue weighted by atomic mass is 9.92. The Morgan fingerprint density at radius 2 is 1.79 bits per heavy atom. The number of rotatable bonds is 10. The number of carboxylic acids is 1. The molecule has 2 fully saturated rings. The van der Waals surface area contributed by atoms with Gasteiger partial charge in [-0.3, -0.25) is 24.4 Å². The summed E-state index contributed by atoms with van der Waals surface area (Å²) >= 11 is 0. The number of carboxylic acid groups (broad SMARTS) is 1. The normalized spacial score (nSPS) is 18.4. The molecular formula is C42H49FN6O3. The summed E-state index contributed by atoms with van der Waals surface area (Å²) < 4.78 is 18.0. The molecular weight excluding hydrogens is 655 g/mol. The lowest BCUT2D eigenvalue weighted by molar-refractivity contribution is -0.144. The van der Waals surface area contributed by atoms with Gasteiger partial charge in [0, 0.05) is 56.7 Å². The summed E-state index contributed by atoms with van der Waals surface area (Å²) in [5.74, 6) is -0.679. The van der Waals surface area contributed by atoms with Gasteiger partial charge in [-0.25, -0.2) is 9.37 Å². The number of aromatic nitrogens is 3. The smallest absolute Gasteiger partial charge is 0.320 e. The molecule has 2 aromatic carbocycles. The quantitative estimate of drug-likeness (QED) is 0.173. The van der Waals surface area contributed by atoms with E-state index in [1.165, 1.54) is 0 Å². The predicted molar refractivity (Wildman–Crippen MR) is 203 cm³/mol. The van der Waals surface area contributed by atoms with E-state index in [1.54, 1.807) is 12.3 Å². The monoisotopic (exact) mass is 704 g/mol. The molecule has 4 heterocycles. The van der Waals surface area contributed by atoms with Gasteiger partial charge in [0.2, 0.25) is 0 Å².